The third-order valence-electron chi connectivity index (χ3n) is 3.72. The third kappa shape index (κ3) is 2.22. The van der Waals surface area contributed by atoms with E-state index in [9.17, 15) is 9.90 Å². The van der Waals surface area contributed by atoms with Gasteiger partial charge in [-0.3, -0.25) is 4.79 Å². The Morgan fingerprint density at radius 1 is 1.50 bits per heavy atom. The van der Waals surface area contributed by atoms with Gasteiger partial charge in [-0.05, 0) is 41.8 Å². The van der Waals surface area contributed by atoms with E-state index in [2.05, 4.69) is 31.5 Å². The number of hydrogen-bond donors (Lipinski definition) is 1. The Morgan fingerprint density at radius 3 is 2.85 bits per heavy atom. The zero-order chi connectivity index (χ0) is 14.3. The molecule has 1 saturated carbocycles. The Balaban J connectivity index is 1.94. The Labute approximate surface area is 123 Å². The SMILES string of the molecule is Cc1ccc(-c2nnnn2CC2(C(=O)O)CC2)cc1Br. The van der Waals surface area contributed by atoms with Crippen molar-refractivity contribution in [3.63, 3.8) is 0 Å². The van der Waals surface area contributed by atoms with E-state index in [1.165, 1.54) is 0 Å². The van der Waals surface area contributed by atoms with Crippen molar-refractivity contribution in [3.8, 4) is 11.4 Å². The van der Waals surface area contributed by atoms with Crippen molar-refractivity contribution in [2.75, 3.05) is 0 Å². The number of aromatic nitrogens is 4. The first kappa shape index (κ1) is 13.2. The molecular formula is C13H13BrN4O2. The van der Waals surface area contributed by atoms with Crippen LogP contribution in [0.5, 0.6) is 0 Å². The second-order valence-electron chi connectivity index (χ2n) is 5.21. The molecule has 104 valence electrons. The van der Waals surface area contributed by atoms with Gasteiger partial charge < -0.3 is 5.11 Å². The molecule has 1 aromatic heterocycles. The summed E-state index contributed by atoms with van der Waals surface area (Å²) in [6, 6.07) is 5.85. The van der Waals surface area contributed by atoms with Crippen molar-refractivity contribution in [2.24, 2.45) is 5.41 Å². The van der Waals surface area contributed by atoms with Crippen molar-refractivity contribution < 1.29 is 9.90 Å². The number of rotatable bonds is 4. The lowest BCUT2D eigenvalue weighted by molar-refractivity contribution is -0.144. The van der Waals surface area contributed by atoms with Gasteiger partial charge in [0.25, 0.3) is 0 Å². The monoisotopic (exact) mass is 336 g/mol. The number of tetrazole rings is 1. The van der Waals surface area contributed by atoms with Gasteiger partial charge in [0.15, 0.2) is 5.82 Å². The highest BCUT2D eigenvalue weighted by Crippen LogP contribution is 2.47. The Bertz CT molecular complexity index is 679. The molecule has 20 heavy (non-hydrogen) atoms. The van der Waals surface area contributed by atoms with Crippen molar-refractivity contribution >= 4 is 21.9 Å². The second kappa shape index (κ2) is 4.66. The van der Waals surface area contributed by atoms with Gasteiger partial charge in [-0.2, -0.15) is 0 Å². The first-order valence-corrected chi connectivity index (χ1v) is 7.07. The van der Waals surface area contributed by atoms with Crippen LogP contribution in [0, 0.1) is 12.3 Å². The van der Waals surface area contributed by atoms with Crippen LogP contribution in [0.3, 0.4) is 0 Å². The lowest BCUT2D eigenvalue weighted by atomic mass is 10.1. The number of carbonyl (C=O) groups is 1. The predicted molar refractivity (Wildman–Crippen MR) is 75.0 cm³/mol. The largest absolute Gasteiger partial charge is 0.481 e. The summed E-state index contributed by atoms with van der Waals surface area (Å²) in [5.74, 6) is -0.178. The molecule has 1 aliphatic carbocycles. The number of aryl methyl sites for hydroxylation is 1. The fraction of sp³-hybridized carbons (Fsp3) is 0.385. The summed E-state index contributed by atoms with van der Waals surface area (Å²) < 4.78 is 2.56. The van der Waals surface area contributed by atoms with Gasteiger partial charge in [-0.15, -0.1) is 5.10 Å². The van der Waals surface area contributed by atoms with Crippen molar-refractivity contribution in [1.82, 2.24) is 20.2 Å². The number of carboxylic acids is 1. The quantitative estimate of drug-likeness (QED) is 0.926. The minimum Gasteiger partial charge on any atom is -0.481 e. The minimum atomic E-state index is -0.774. The van der Waals surface area contributed by atoms with Crippen LogP contribution in [0.2, 0.25) is 0 Å². The summed E-state index contributed by atoms with van der Waals surface area (Å²) in [4.78, 5) is 11.3. The van der Waals surface area contributed by atoms with Gasteiger partial charge in [-0.1, -0.05) is 28.1 Å². The molecular weight excluding hydrogens is 324 g/mol. The molecule has 1 fully saturated rings. The van der Waals surface area contributed by atoms with Crippen LogP contribution in [0.4, 0.5) is 0 Å². The van der Waals surface area contributed by atoms with E-state index >= 15 is 0 Å². The van der Waals surface area contributed by atoms with Crippen LogP contribution in [0.1, 0.15) is 18.4 Å². The molecule has 7 heteroatoms. The first-order chi connectivity index (χ1) is 9.52. The summed E-state index contributed by atoms with van der Waals surface area (Å²) in [5.41, 5.74) is 1.30. The molecule has 1 aromatic carbocycles. The Kier molecular flexibility index (Phi) is 3.08. The second-order valence-corrected chi connectivity index (χ2v) is 6.06. The number of halogens is 1. The fourth-order valence-electron chi connectivity index (χ4n) is 2.13. The van der Waals surface area contributed by atoms with Gasteiger partial charge >= 0.3 is 5.97 Å². The standard InChI is InChI=1S/C13H13BrN4O2/c1-8-2-3-9(6-10(8)14)11-15-16-17-18(11)7-13(4-5-13)12(19)20/h2-3,6H,4-5,7H2,1H3,(H,19,20). The van der Waals surface area contributed by atoms with Crippen molar-refractivity contribution in [3.05, 3.63) is 28.2 Å². The summed E-state index contributed by atoms with van der Waals surface area (Å²) in [5, 5.41) is 20.9. The smallest absolute Gasteiger partial charge is 0.311 e. The average Bonchev–Trinajstić information content (AvgIpc) is 3.05. The number of benzene rings is 1. The number of aliphatic carboxylic acids is 1. The molecule has 1 N–H and O–H groups in total. The summed E-state index contributed by atoms with van der Waals surface area (Å²) >= 11 is 3.48. The van der Waals surface area contributed by atoms with Crippen LogP contribution in [0.15, 0.2) is 22.7 Å². The number of nitrogens with zero attached hydrogens (tertiary/aromatic N) is 4. The third-order valence-corrected chi connectivity index (χ3v) is 4.58. The fourth-order valence-corrected chi connectivity index (χ4v) is 2.51. The summed E-state index contributed by atoms with van der Waals surface area (Å²) in [7, 11) is 0. The highest BCUT2D eigenvalue weighted by molar-refractivity contribution is 9.10. The maximum Gasteiger partial charge on any atom is 0.311 e. The van der Waals surface area contributed by atoms with Crippen LogP contribution in [-0.2, 0) is 11.3 Å². The average molecular weight is 337 g/mol. The van der Waals surface area contributed by atoms with E-state index < -0.39 is 11.4 Å². The lowest BCUT2D eigenvalue weighted by Gasteiger charge is -2.11. The molecule has 0 amide bonds. The number of hydrogen-bond acceptors (Lipinski definition) is 4. The van der Waals surface area contributed by atoms with Gasteiger partial charge in [0.1, 0.15) is 0 Å². The highest BCUT2D eigenvalue weighted by atomic mass is 79.9. The highest BCUT2D eigenvalue weighted by Gasteiger charge is 2.51. The van der Waals surface area contributed by atoms with Gasteiger partial charge in [0.2, 0.25) is 0 Å². The van der Waals surface area contributed by atoms with E-state index in [0.29, 0.717) is 25.2 Å². The molecule has 0 atom stereocenters. The van der Waals surface area contributed by atoms with E-state index in [0.717, 1.165) is 15.6 Å². The van der Waals surface area contributed by atoms with Gasteiger partial charge in [-0.25, -0.2) is 4.68 Å². The maximum atomic E-state index is 11.3. The maximum absolute atomic E-state index is 11.3. The zero-order valence-electron chi connectivity index (χ0n) is 10.9. The Hall–Kier alpha value is -1.76. The molecule has 0 saturated heterocycles. The molecule has 0 radical (unpaired) electrons. The van der Waals surface area contributed by atoms with E-state index in [1.54, 1.807) is 4.68 Å². The normalized spacial score (nSPS) is 16.1. The van der Waals surface area contributed by atoms with E-state index in [4.69, 9.17) is 0 Å². The molecule has 2 aromatic rings. The molecule has 1 heterocycles. The molecule has 0 bridgehead atoms. The van der Waals surface area contributed by atoms with E-state index in [1.807, 2.05) is 25.1 Å². The molecule has 0 aliphatic heterocycles. The van der Waals surface area contributed by atoms with E-state index in [-0.39, 0.29) is 0 Å². The van der Waals surface area contributed by atoms with Crippen LogP contribution in [0.25, 0.3) is 11.4 Å². The van der Waals surface area contributed by atoms with Gasteiger partial charge in [0, 0.05) is 10.0 Å². The minimum absolute atomic E-state index is 0.316. The lowest BCUT2D eigenvalue weighted by Crippen LogP contribution is -2.22. The molecule has 6 nitrogen and oxygen atoms in total. The number of carboxylic acid groups (broad SMARTS) is 1. The summed E-state index contributed by atoms with van der Waals surface area (Å²) in [6.45, 7) is 2.32. The van der Waals surface area contributed by atoms with Crippen molar-refractivity contribution in [1.29, 1.82) is 0 Å². The molecule has 0 unspecified atom stereocenters. The molecule has 0 spiro atoms. The summed E-state index contributed by atoms with van der Waals surface area (Å²) in [6.07, 6.45) is 1.36. The van der Waals surface area contributed by atoms with Crippen LogP contribution >= 0.6 is 15.9 Å². The van der Waals surface area contributed by atoms with Crippen LogP contribution < -0.4 is 0 Å². The Morgan fingerprint density at radius 2 is 2.25 bits per heavy atom. The first-order valence-electron chi connectivity index (χ1n) is 6.28. The van der Waals surface area contributed by atoms with Gasteiger partial charge in [0.05, 0.1) is 12.0 Å². The zero-order valence-corrected chi connectivity index (χ0v) is 12.5. The predicted octanol–water partition coefficient (Wildman–Crippen LogP) is 2.28. The van der Waals surface area contributed by atoms with Crippen molar-refractivity contribution in [2.45, 2.75) is 26.3 Å². The van der Waals surface area contributed by atoms with Crippen LogP contribution in [-0.4, -0.2) is 31.3 Å². The molecule has 1 aliphatic rings. The molecule has 3 rings (SSSR count). The topological polar surface area (TPSA) is 80.9 Å².